The SMILES string of the molecule is COc1cc(-n2cccc2)c(C=O)cc1Cl. The molecule has 1 heterocycles. The Hall–Kier alpha value is -1.74. The fourth-order valence-corrected chi connectivity index (χ4v) is 1.78. The zero-order valence-corrected chi connectivity index (χ0v) is 9.44. The quantitative estimate of drug-likeness (QED) is 0.766. The Labute approximate surface area is 98.2 Å². The first-order valence-corrected chi connectivity index (χ1v) is 5.10. The highest BCUT2D eigenvalue weighted by Gasteiger charge is 2.09. The van der Waals surface area contributed by atoms with Crippen molar-refractivity contribution in [3.8, 4) is 11.4 Å². The van der Waals surface area contributed by atoms with E-state index >= 15 is 0 Å². The normalized spacial score (nSPS) is 10.1. The number of nitrogens with zero attached hydrogens (tertiary/aromatic N) is 1. The van der Waals surface area contributed by atoms with Crippen molar-refractivity contribution in [1.29, 1.82) is 0 Å². The van der Waals surface area contributed by atoms with Crippen molar-refractivity contribution in [2.24, 2.45) is 0 Å². The second-order valence-electron chi connectivity index (χ2n) is 3.25. The van der Waals surface area contributed by atoms with Crippen LogP contribution < -0.4 is 4.74 Å². The molecule has 16 heavy (non-hydrogen) atoms. The standard InChI is InChI=1S/C12H10ClNO2/c1-16-12-7-11(14-4-2-3-5-14)9(8-15)6-10(12)13/h2-8H,1H3. The molecule has 0 fully saturated rings. The van der Waals surface area contributed by atoms with E-state index in [1.807, 2.05) is 29.1 Å². The van der Waals surface area contributed by atoms with Gasteiger partial charge in [-0.25, -0.2) is 0 Å². The van der Waals surface area contributed by atoms with Crippen LogP contribution in [0.5, 0.6) is 5.75 Å². The number of aromatic nitrogens is 1. The van der Waals surface area contributed by atoms with E-state index in [1.165, 1.54) is 0 Å². The number of methoxy groups -OCH3 is 1. The Balaban J connectivity index is 2.63. The van der Waals surface area contributed by atoms with Gasteiger partial charge in [0.2, 0.25) is 0 Å². The highest BCUT2D eigenvalue weighted by atomic mass is 35.5. The summed E-state index contributed by atoms with van der Waals surface area (Å²) >= 11 is 5.95. The first-order valence-electron chi connectivity index (χ1n) is 4.72. The fourth-order valence-electron chi connectivity index (χ4n) is 1.53. The van der Waals surface area contributed by atoms with Crippen LogP contribution in [0, 0.1) is 0 Å². The van der Waals surface area contributed by atoms with Crippen LogP contribution >= 0.6 is 11.6 Å². The topological polar surface area (TPSA) is 31.2 Å². The summed E-state index contributed by atoms with van der Waals surface area (Å²) in [6.07, 6.45) is 4.49. The summed E-state index contributed by atoms with van der Waals surface area (Å²) in [4.78, 5) is 11.0. The molecule has 0 radical (unpaired) electrons. The summed E-state index contributed by atoms with van der Waals surface area (Å²) in [5, 5.41) is 0.431. The van der Waals surface area contributed by atoms with Gasteiger partial charge in [-0.05, 0) is 18.2 Å². The molecule has 0 saturated heterocycles. The van der Waals surface area contributed by atoms with Crippen molar-refractivity contribution >= 4 is 17.9 Å². The third-order valence-corrected chi connectivity index (χ3v) is 2.61. The van der Waals surface area contributed by atoms with Crippen molar-refractivity contribution in [2.75, 3.05) is 7.11 Å². The van der Waals surface area contributed by atoms with Crippen LogP contribution in [0.25, 0.3) is 5.69 Å². The molecule has 0 amide bonds. The molecule has 0 aliphatic heterocycles. The van der Waals surface area contributed by atoms with Gasteiger partial charge in [-0.1, -0.05) is 11.6 Å². The zero-order chi connectivity index (χ0) is 11.5. The van der Waals surface area contributed by atoms with E-state index in [2.05, 4.69) is 0 Å². The summed E-state index contributed by atoms with van der Waals surface area (Å²) in [5.41, 5.74) is 1.28. The number of halogens is 1. The number of ether oxygens (including phenoxy) is 1. The molecular weight excluding hydrogens is 226 g/mol. The molecule has 0 aliphatic rings. The van der Waals surface area contributed by atoms with Gasteiger partial charge in [0.05, 0.1) is 17.8 Å². The molecule has 0 aliphatic carbocycles. The Morgan fingerprint density at radius 3 is 2.56 bits per heavy atom. The van der Waals surface area contributed by atoms with Gasteiger partial charge in [0.25, 0.3) is 0 Å². The minimum absolute atomic E-state index is 0.431. The molecule has 3 nitrogen and oxygen atoms in total. The zero-order valence-electron chi connectivity index (χ0n) is 8.68. The van der Waals surface area contributed by atoms with Gasteiger partial charge in [0.15, 0.2) is 6.29 Å². The van der Waals surface area contributed by atoms with E-state index in [0.29, 0.717) is 16.3 Å². The molecule has 0 bridgehead atoms. The predicted molar refractivity (Wildman–Crippen MR) is 62.7 cm³/mol. The van der Waals surface area contributed by atoms with Crippen LogP contribution in [0.2, 0.25) is 5.02 Å². The number of hydrogen-bond donors (Lipinski definition) is 0. The lowest BCUT2D eigenvalue weighted by Crippen LogP contribution is -1.98. The monoisotopic (exact) mass is 235 g/mol. The van der Waals surface area contributed by atoms with E-state index in [0.717, 1.165) is 12.0 Å². The molecule has 0 spiro atoms. The van der Waals surface area contributed by atoms with Gasteiger partial charge in [-0.3, -0.25) is 4.79 Å². The summed E-state index contributed by atoms with van der Waals surface area (Å²) in [6, 6.07) is 7.11. The average molecular weight is 236 g/mol. The predicted octanol–water partition coefficient (Wildman–Crippen LogP) is 2.95. The molecule has 82 valence electrons. The highest BCUT2D eigenvalue weighted by molar-refractivity contribution is 6.32. The average Bonchev–Trinajstić information content (AvgIpc) is 2.82. The van der Waals surface area contributed by atoms with Crippen molar-refractivity contribution in [3.05, 3.63) is 47.2 Å². The van der Waals surface area contributed by atoms with Gasteiger partial charge in [0, 0.05) is 24.0 Å². The van der Waals surface area contributed by atoms with Gasteiger partial charge in [0.1, 0.15) is 5.75 Å². The summed E-state index contributed by atoms with van der Waals surface area (Å²) in [6.45, 7) is 0. The van der Waals surface area contributed by atoms with Crippen molar-refractivity contribution in [2.45, 2.75) is 0 Å². The first kappa shape index (κ1) is 10.8. The lowest BCUT2D eigenvalue weighted by Gasteiger charge is -2.10. The Morgan fingerprint density at radius 1 is 1.31 bits per heavy atom. The van der Waals surface area contributed by atoms with E-state index in [4.69, 9.17) is 16.3 Å². The number of hydrogen-bond acceptors (Lipinski definition) is 2. The van der Waals surface area contributed by atoms with Crippen LogP contribution in [0.1, 0.15) is 10.4 Å². The maximum atomic E-state index is 11.0. The molecule has 1 aromatic carbocycles. The number of benzene rings is 1. The van der Waals surface area contributed by atoms with Crippen LogP contribution in [-0.2, 0) is 0 Å². The Bertz CT molecular complexity index is 506. The molecule has 0 unspecified atom stereocenters. The third-order valence-electron chi connectivity index (χ3n) is 2.31. The van der Waals surface area contributed by atoms with Crippen LogP contribution in [0.3, 0.4) is 0 Å². The number of carbonyl (C=O) groups is 1. The van der Waals surface area contributed by atoms with Gasteiger partial charge < -0.3 is 9.30 Å². The lowest BCUT2D eigenvalue weighted by molar-refractivity contribution is 0.112. The van der Waals surface area contributed by atoms with E-state index in [-0.39, 0.29) is 0 Å². The minimum Gasteiger partial charge on any atom is -0.495 e. The largest absolute Gasteiger partial charge is 0.495 e. The first-order chi connectivity index (χ1) is 7.76. The molecule has 0 saturated carbocycles. The second-order valence-corrected chi connectivity index (χ2v) is 3.66. The van der Waals surface area contributed by atoms with Crippen LogP contribution in [0.15, 0.2) is 36.7 Å². The third kappa shape index (κ3) is 1.82. The maximum absolute atomic E-state index is 11.0. The molecule has 1 aromatic heterocycles. The molecule has 2 rings (SSSR count). The summed E-state index contributed by atoms with van der Waals surface area (Å²) < 4.78 is 6.96. The Morgan fingerprint density at radius 2 is 2.00 bits per heavy atom. The van der Waals surface area contributed by atoms with E-state index < -0.39 is 0 Å². The van der Waals surface area contributed by atoms with E-state index in [1.54, 1.807) is 19.2 Å². The molecule has 0 N–H and O–H groups in total. The number of rotatable bonds is 3. The molecule has 4 heteroatoms. The van der Waals surface area contributed by atoms with Gasteiger partial charge >= 0.3 is 0 Å². The minimum atomic E-state index is 0.431. The summed E-state index contributed by atoms with van der Waals surface area (Å²) in [7, 11) is 1.54. The molecule has 2 aromatic rings. The fraction of sp³-hybridized carbons (Fsp3) is 0.0833. The Kier molecular flexibility index (Phi) is 2.97. The van der Waals surface area contributed by atoms with Crippen molar-refractivity contribution < 1.29 is 9.53 Å². The van der Waals surface area contributed by atoms with Crippen molar-refractivity contribution in [1.82, 2.24) is 4.57 Å². The van der Waals surface area contributed by atoms with Crippen molar-refractivity contribution in [3.63, 3.8) is 0 Å². The number of carbonyl (C=O) groups excluding carboxylic acids is 1. The second kappa shape index (κ2) is 4.41. The molecular formula is C12H10ClNO2. The van der Waals surface area contributed by atoms with Crippen LogP contribution in [-0.4, -0.2) is 18.0 Å². The summed E-state index contributed by atoms with van der Waals surface area (Å²) in [5.74, 6) is 0.552. The lowest BCUT2D eigenvalue weighted by atomic mass is 10.2. The van der Waals surface area contributed by atoms with Crippen LogP contribution in [0.4, 0.5) is 0 Å². The van der Waals surface area contributed by atoms with E-state index in [9.17, 15) is 4.79 Å². The number of aldehydes is 1. The highest BCUT2D eigenvalue weighted by Crippen LogP contribution is 2.29. The smallest absolute Gasteiger partial charge is 0.152 e. The van der Waals surface area contributed by atoms with Gasteiger partial charge in [-0.2, -0.15) is 0 Å². The molecule has 0 atom stereocenters. The van der Waals surface area contributed by atoms with Gasteiger partial charge in [-0.15, -0.1) is 0 Å². The maximum Gasteiger partial charge on any atom is 0.152 e.